The summed E-state index contributed by atoms with van der Waals surface area (Å²) in [6, 6.07) is 21.1. The van der Waals surface area contributed by atoms with Gasteiger partial charge in [-0.1, -0.05) is 30.3 Å². The van der Waals surface area contributed by atoms with Crippen LogP contribution >= 0.6 is 11.3 Å². The first kappa shape index (κ1) is 16.1. The largest absolute Gasteiger partial charge is 0.497 e. The fourth-order valence-electron chi connectivity index (χ4n) is 3.08. The van der Waals surface area contributed by atoms with Crippen molar-refractivity contribution in [3.8, 4) is 5.75 Å². The molecular formula is C21H20N2OS. The lowest BCUT2D eigenvalue weighted by Gasteiger charge is -2.15. The highest BCUT2D eigenvalue weighted by atomic mass is 32.1. The summed E-state index contributed by atoms with van der Waals surface area (Å²) < 4.78 is 6.55. The second-order valence-electron chi connectivity index (χ2n) is 6.30. The van der Waals surface area contributed by atoms with Crippen LogP contribution in [0.5, 0.6) is 5.75 Å². The normalized spacial score (nSPS) is 11.5. The molecule has 0 unspecified atom stereocenters. The van der Waals surface area contributed by atoms with Crippen LogP contribution in [0.25, 0.3) is 21.0 Å². The Morgan fingerprint density at radius 2 is 1.76 bits per heavy atom. The van der Waals surface area contributed by atoms with E-state index in [1.807, 2.05) is 12.1 Å². The number of nitrogens with zero attached hydrogens (tertiary/aromatic N) is 2. The highest BCUT2D eigenvalue weighted by Gasteiger charge is 2.08. The molecule has 4 aromatic rings. The monoisotopic (exact) mass is 348 g/mol. The van der Waals surface area contributed by atoms with Gasteiger partial charge >= 0.3 is 0 Å². The molecule has 0 aliphatic carbocycles. The third kappa shape index (κ3) is 3.50. The van der Waals surface area contributed by atoms with Gasteiger partial charge in [-0.3, -0.25) is 4.90 Å². The number of rotatable bonds is 5. The van der Waals surface area contributed by atoms with E-state index < -0.39 is 0 Å². The van der Waals surface area contributed by atoms with Crippen molar-refractivity contribution in [1.29, 1.82) is 0 Å². The molecule has 0 bridgehead atoms. The van der Waals surface area contributed by atoms with Gasteiger partial charge in [0.25, 0.3) is 0 Å². The Morgan fingerprint density at radius 1 is 0.960 bits per heavy atom. The molecule has 4 heteroatoms. The third-order valence-electron chi connectivity index (χ3n) is 4.31. The molecule has 0 spiro atoms. The molecule has 4 rings (SSSR count). The summed E-state index contributed by atoms with van der Waals surface area (Å²) >= 11 is 1.78. The first-order valence-electron chi connectivity index (χ1n) is 8.31. The molecule has 0 fully saturated rings. The second kappa shape index (κ2) is 6.82. The topological polar surface area (TPSA) is 25.4 Å². The smallest absolute Gasteiger partial charge is 0.119 e. The summed E-state index contributed by atoms with van der Waals surface area (Å²) in [4.78, 5) is 7.03. The van der Waals surface area contributed by atoms with Crippen LogP contribution in [0.2, 0.25) is 0 Å². The van der Waals surface area contributed by atoms with Gasteiger partial charge in [0.05, 0.1) is 23.9 Å². The molecular weight excluding hydrogens is 328 g/mol. The lowest BCUT2D eigenvalue weighted by molar-refractivity contribution is 0.319. The van der Waals surface area contributed by atoms with Crippen LogP contribution in [0.1, 0.15) is 10.6 Å². The van der Waals surface area contributed by atoms with Crippen LogP contribution in [-0.4, -0.2) is 24.0 Å². The highest BCUT2D eigenvalue weighted by Crippen LogP contribution is 2.24. The van der Waals surface area contributed by atoms with E-state index in [-0.39, 0.29) is 0 Å². The van der Waals surface area contributed by atoms with Crippen LogP contribution in [0.4, 0.5) is 0 Å². The zero-order valence-electron chi connectivity index (χ0n) is 14.4. The zero-order valence-corrected chi connectivity index (χ0v) is 15.2. The van der Waals surface area contributed by atoms with Gasteiger partial charge in [-0.25, -0.2) is 4.98 Å². The number of aromatic nitrogens is 1. The summed E-state index contributed by atoms with van der Waals surface area (Å²) in [5.74, 6) is 0.896. The van der Waals surface area contributed by atoms with Gasteiger partial charge in [0.15, 0.2) is 0 Å². The number of hydrogen-bond acceptors (Lipinski definition) is 4. The molecule has 0 saturated carbocycles. The predicted octanol–water partition coefficient (Wildman–Crippen LogP) is 5.09. The molecule has 0 saturated heterocycles. The highest BCUT2D eigenvalue weighted by molar-refractivity contribution is 7.18. The molecule has 0 aliphatic heterocycles. The number of methoxy groups -OCH3 is 1. The Bertz CT molecular complexity index is 992. The SMILES string of the molecule is COc1ccc2cc(CN(C)Cc3nc4ccccc4s3)ccc2c1. The molecule has 3 nitrogen and oxygen atoms in total. The average Bonchev–Trinajstić information content (AvgIpc) is 3.03. The summed E-state index contributed by atoms with van der Waals surface area (Å²) in [6.07, 6.45) is 0. The number of ether oxygens (including phenoxy) is 1. The van der Waals surface area contributed by atoms with Crippen molar-refractivity contribution < 1.29 is 4.74 Å². The molecule has 0 radical (unpaired) electrons. The maximum absolute atomic E-state index is 5.29. The van der Waals surface area contributed by atoms with Crippen molar-refractivity contribution in [2.24, 2.45) is 0 Å². The number of fused-ring (bicyclic) bond motifs is 2. The van der Waals surface area contributed by atoms with Crippen molar-refractivity contribution in [1.82, 2.24) is 9.88 Å². The minimum absolute atomic E-state index is 0.861. The molecule has 0 aliphatic rings. The quantitative estimate of drug-likeness (QED) is 0.502. The minimum Gasteiger partial charge on any atom is -0.497 e. The van der Waals surface area contributed by atoms with Crippen LogP contribution in [0, 0.1) is 0 Å². The molecule has 1 aromatic heterocycles. The number of thiazole rings is 1. The first-order chi connectivity index (χ1) is 12.2. The summed E-state index contributed by atoms with van der Waals surface area (Å²) in [7, 11) is 3.84. The molecule has 1 heterocycles. The predicted molar refractivity (Wildman–Crippen MR) is 105 cm³/mol. The lowest BCUT2D eigenvalue weighted by Crippen LogP contribution is -2.17. The fourth-order valence-corrected chi connectivity index (χ4v) is 4.13. The van der Waals surface area contributed by atoms with E-state index in [2.05, 4.69) is 60.5 Å². The molecule has 0 amide bonds. The molecule has 0 N–H and O–H groups in total. The first-order valence-corrected chi connectivity index (χ1v) is 9.12. The van der Waals surface area contributed by atoms with Crippen molar-refractivity contribution in [3.05, 3.63) is 71.2 Å². The maximum atomic E-state index is 5.29. The molecule has 3 aromatic carbocycles. The van der Waals surface area contributed by atoms with Gasteiger partial charge in [-0.15, -0.1) is 11.3 Å². The van der Waals surface area contributed by atoms with E-state index in [4.69, 9.17) is 9.72 Å². The van der Waals surface area contributed by atoms with E-state index in [1.54, 1.807) is 18.4 Å². The van der Waals surface area contributed by atoms with E-state index in [1.165, 1.54) is 21.0 Å². The molecule has 25 heavy (non-hydrogen) atoms. The number of para-hydroxylation sites is 1. The standard InChI is InChI=1S/C21H20N2OS/c1-23(14-21-22-19-5-3-4-6-20(19)25-21)13-15-7-8-17-12-18(24-2)10-9-16(17)11-15/h3-12H,13-14H2,1-2H3. The van der Waals surface area contributed by atoms with Crippen LogP contribution < -0.4 is 4.74 Å². The minimum atomic E-state index is 0.861. The summed E-state index contributed by atoms with van der Waals surface area (Å²) in [6.45, 7) is 1.76. The Morgan fingerprint density at radius 3 is 2.60 bits per heavy atom. The van der Waals surface area contributed by atoms with Gasteiger partial charge in [0.2, 0.25) is 0 Å². The van der Waals surface area contributed by atoms with Gasteiger partial charge in [0, 0.05) is 6.54 Å². The van der Waals surface area contributed by atoms with Crippen molar-refractivity contribution in [2.75, 3.05) is 14.2 Å². The fraction of sp³-hybridized carbons (Fsp3) is 0.190. The van der Waals surface area contributed by atoms with E-state index in [0.29, 0.717) is 0 Å². The van der Waals surface area contributed by atoms with E-state index >= 15 is 0 Å². The number of hydrogen-bond donors (Lipinski definition) is 0. The molecule has 126 valence electrons. The second-order valence-corrected chi connectivity index (χ2v) is 7.41. The number of benzene rings is 3. The average molecular weight is 348 g/mol. The Labute approximate surface area is 151 Å². The third-order valence-corrected chi connectivity index (χ3v) is 5.33. The van der Waals surface area contributed by atoms with Gasteiger partial charge < -0.3 is 4.74 Å². The Hall–Kier alpha value is -2.43. The lowest BCUT2D eigenvalue weighted by atomic mass is 10.1. The van der Waals surface area contributed by atoms with Crippen LogP contribution in [-0.2, 0) is 13.1 Å². The van der Waals surface area contributed by atoms with Crippen molar-refractivity contribution in [3.63, 3.8) is 0 Å². The summed E-state index contributed by atoms with van der Waals surface area (Å²) in [5.41, 5.74) is 2.40. The van der Waals surface area contributed by atoms with Gasteiger partial charge in [-0.05, 0) is 53.7 Å². The van der Waals surface area contributed by atoms with Gasteiger partial charge in [0.1, 0.15) is 10.8 Å². The zero-order chi connectivity index (χ0) is 17.2. The van der Waals surface area contributed by atoms with Crippen LogP contribution in [0.15, 0.2) is 60.7 Å². The van der Waals surface area contributed by atoms with E-state index in [9.17, 15) is 0 Å². The van der Waals surface area contributed by atoms with E-state index in [0.717, 1.165) is 29.4 Å². The van der Waals surface area contributed by atoms with Crippen LogP contribution in [0.3, 0.4) is 0 Å². The Balaban J connectivity index is 1.49. The summed E-state index contributed by atoms with van der Waals surface area (Å²) in [5, 5.41) is 3.61. The molecule has 0 atom stereocenters. The van der Waals surface area contributed by atoms with Gasteiger partial charge in [-0.2, -0.15) is 0 Å². The van der Waals surface area contributed by atoms with Crippen molar-refractivity contribution >= 4 is 32.3 Å². The Kier molecular flexibility index (Phi) is 4.38. The maximum Gasteiger partial charge on any atom is 0.119 e. The van der Waals surface area contributed by atoms with Crippen molar-refractivity contribution in [2.45, 2.75) is 13.1 Å².